The van der Waals surface area contributed by atoms with E-state index in [2.05, 4.69) is 6.92 Å². The number of benzene rings is 1. The molecule has 0 bridgehead atoms. The van der Waals surface area contributed by atoms with Crippen LogP contribution < -0.4 is 0 Å². The summed E-state index contributed by atoms with van der Waals surface area (Å²) in [4.78, 5) is 0.308. The molecule has 1 rings (SSSR count). The van der Waals surface area contributed by atoms with Crippen LogP contribution in [0.1, 0.15) is 18.9 Å². The smallest absolute Gasteiger partial charge is 0.180 e. The highest BCUT2D eigenvalue weighted by Crippen LogP contribution is 2.14. The highest BCUT2D eigenvalue weighted by Gasteiger charge is 2.13. The van der Waals surface area contributed by atoms with Gasteiger partial charge in [0.1, 0.15) is 0 Å². The molecule has 0 heterocycles. The molecule has 1 aromatic rings. The van der Waals surface area contributed by atoms with Crippen LogP contribution in [0.15, 0.2) is 29.2 Å². The Morgan fingerprint density at radius 2 is 2.07 bits per heavy atom. The Morgan fingerprint density at radius 3 is 2.67 bits per heavy atom. The lowest BCUT2D eigenvalue weighted by Gasteiger charge is -2.04. The van der Waals surface area contributed by atoms with Crippen molar-refractivity contribution in [2.45, 2.75) is 24.7 Å². The quantitative estimate of drug-likeness (QED) is 0.829. The molecular weight excluding hydrogens is 212 g/mol. The minimum atomic E-state index is -3.30. The van der Waals surface area contributed by atoms with Gasteiger partial charge in [-0.15, -0.1) is 0 Å². The molecule has 0 saturated heterocycles. The van der Waals surface area contributed by atoms with Crippen LogP contribution in [0.2, 0.25) is 0 Å². The van der Waals surface area contributed by atoms with Gasteiger partial charge in [-0.2, -0.15) is 0 Å². The van der Waals surface area contributed by atoms with Crippen molar-refractivity contribution in [3.05, 3.63) is 29.8 Å². The fourth-order valence-corrected chi connectivity index (χ4v) is 2.51. The van der Waals surface area contributed by atoms with Gasteiger partial charge in [-0.05, 0) is 24.1 Å². The molecule has 4 heteroatoms. The Morgan fingerprint density at radius 1 is 1.33 bits per heavy atom. The Labute approximate surface area is 90.7 Å². The summed E-state index contributed by atoms with van der Waals surface area (Å²) >= 11 is 0. The SMILES string of the molecule is CCCc1cccc(S(=O)(=O)CCO)c1. The van der Waals surface area contributed by atoms with Crippen molar-refractivity contribution in [2.75, 3.05) is 12.4 Å². The van der Waals surface area contributed by atoms with Crippen LogP contribution in [0.5, 0.6) is 0 Å². The standard InChI is InChI=1S/C11H16O3S/c1-2-4-10-5-3-6-11(9-10)15(13,14)8-7-12/h3,5-6,9,12H,2,4,7-8H2,1H3. The van der Waals surface area contributed by atoms with Crippen LogP contribution in [0.3, 0.4) is 0 Å². The molecule has 84 valence electrons. The van der Waals surface area contributed by atoms with E-state index in [9.17, 15) is 8.42 Å². The summed E-state index contributed by atoms with van der Waals surface area (Å²) in [5, 5.41) is 8.66. The fourth-order valence-electron chi connectivity index (χ4n) is 1.42. The molecular formula is C11H16O3S. The number of aliphatic hydroxyl groups excluding tert-OH is 1. The zero-order valence-electron chi connectivity index (χ0n) is 8.81. The first-order valence-electron chi connectivity index (χ1n) is 5.02. The molecule has 0 amide bonds. The van der Waals surface area contributed by atoms with Crippen molar-refractivity contribution in [1.29, 1.82) is 0 Å². The number of hydrogen-bond donors (Lipinski definition) is 1. The molecule has 0 saturated carbocycles. The number of sulfone groups is 1. The largest absolute Gasteiger partial charge is 0.395 e. The summed E-state index contributed by atoms with van der Waals surface area (Å²) in [6.45, 7) is 1.72. The van der Waals surface area contributed by atoms with E-state index in [1.165, 1.54) is 0 Å². The third-order valence-corrected chi connectivity index (χ3v) is 3.85. The molecule has 0 unspecified atom stereocenters. The van der Waals surface area contributed by atoms with Crippen molar-refractivity contribution in [3.8, 4) is 0 Å². The van der Waals surface area contributed by atoms with Crippen LogP contribution in [-0.2, 0) is 16.3 Å². The van der Waals surface area contributed by atoms with Gasteiger partial charge < -0.3 is 5.11 Å². The van der Waals surface area contributed by atoms with Crippen LogP contribution >= 0.6 is 0 Å². The van der Waals surface area contributed by atoms with Gasteiger partial charge in [0, 0.05) is 0 Å². The number of aliphatic hydroxyl groups is 1. The van der Waals surface area contributed by atoms with Gasteiger partial charge in [-0.25, -0.2) is 8.42 Å². The van der Waals surface area contributed by atoms with Crippen molar-refractivity contribution >= 4 is 9.84 Å². The van der Waals surface area contributed by atoms with E-state index in [4.69, 9.17) is 5.11 Å². The second-order valence-electron chi connectivity index (χ2n) is 3.44. The van der Waals surface area contributed by atoms with Crippen LogP contribution in [-0.4, -0.2) is 25.9 Å². The Hall–Kier alpha value is -0.870. The first-order valence-corrected chi connectivity index (χ1v) is 6.68. The summed E-state index contributed by atoms with van der Waals surface area (Å²) in [6.07, 6.45) is 1.87. The average Bonchev–Trinajstić information content (AvgIpc) is 2.19. The molecule has 1 N–H and O–H groups in total. The predicted molar refractivity (Wildman–Crippen MR) is 59.6 cm³/mol. The zero-order chi connectivity index (χ0) is 11.3. The Kier molecular flexibility index (Phi) is 4.29. The summed E-state index contributed by atoms with van der Waals surface area (Å²) < 4.78 is 23.3. The van der Waals surface area contributed by atoms with Gasteiger partial charge in [0.05, 0.1) is 17.3 Å². The summed E-state index contributed by atoms with van der Waals surface area (Å²) in [7, 11) is -3.30. The monoisotopic (exact) mass is 228 g/mol. The van der Waals surface area contributed by atoms with E-state index in [-0.39, 0.29) is 12.4 Å². The lowest BCUT2D eigenvalue weighted by atomic mass is 10.1. The second kappa shape index (κ2) is 5.28. The van der Waals surface area contributed by atoms with Gasteiger partial charge in [0.25, 0.3) is 0 Å². The van der Waals surface area contributed by atoms with Gasteiger partial charge in [0.15, 0.2) is 9.84 Å². The molecule has 0 aliphatic carbocycles. The van der Waals surface area contributed by atoms with Crippen molar-refractivity contribution in [3.63, 3.8) is 0 Å². The molecule has 15 heavy (non-hydrogen) atoms. The maximum Gasteiger partial charge on any atom is 0.180 e. The van der Waals surface area contributed by atoms with Crippen molar-refractivity contribution < 1.29 is 13.5 Å². The lowest BCUT2D eigenvalue weighted by Crippen LogP contribution is -2.10. The van der Waals surface area contributed by atoms with E-state index in [0.717, 1.165) is 18.4 Å². The summed E-state index contributed by atoms with van der Waals surface area (Å²) in [5.74, 6) is -0.206. The van der Waals surface area contributed by atoms with E-state index in [1.54, 1.807) is 18.2 Å². The minimum absolute atomic E-state index is 0.206. The Bertz CT molecular complexity index is 410. The van der Waals surface area contributed by atoms with E-state index in [1.807, 2.05) is 6.07 Å². The number of aryl methyl sites for hydroxylation is 1. The lowest BCUT2D eigenvalue weighted by molar-refractivity contribution is 0.319. The summed E-state index contributed by atoms with van der Waals surface area (Å²) in [5.41, 5.74) is 1.02. The minimum Gasteiger partial charge on any atom is -0.395 e. The fraction of sp³-hybridized carbons (Fsp3) is 0.455. The molecule has 1 aromatic carbocycles. The highest BCUT2D eigenvalue weighted by atomic mass is 32.2. The van der Waals surface area contributed by atoms with Crippen LogP contribution in [0.25, 0.3) is 0 Å². The van der Waals surface area contributed by atoms with Gasteiger partial charge in [-0.1, -0.05) is 25.5 Å². The number of rotatable bonds is 5. The normalized spacial score (nSPS) is 11.6. The third-order valence-electron chi connectivity index (χ3n) is 2.16. The maximum atomic E-state index is 11.6. The van der Waals surface area contributed by atoms with Gasteiger partial charge >= 0.3 is 0 Å². The van der Waals surface area contributed by atoms with Crippen molar-refractivity contribution in [1.82, 2.24) is 0 Å². The molecule has 0 atom stereocenters. The summed E-state index contributed by atoms with van der Waals surface area (Å²) in [6, 6.07) is 6.93. The van der Waals surface area contributed by atoms with Crippen LogP contribution in [0.4, 0.5) is 0 Å². The first kappa shape index (κ1) is 12.2. The second-order valence-corrected chi connectivity index (χ2v) is 5.55. The first-order chi connectivity index (χ1) is 7.10. The van der Waals surface area contributed by atoms with Gasteiger partial charge in [-0.3, -0.25) is 0 Å². The molecule has 0 aromatic heterocycles. The molecule has 0 fully saturated rings. The molecule has 0 aliphatic heterocycles. The van der Waals surface area contributed by atoms with Crippen molar-refractivity contribution in [2.24, 2.45) is 0 Å². The van der Waals surface area contributed by atoms with Gasteiger partial charge in [0.2, 0.25) is 0 Å². The Balaban J connectivity index is 2.99. The average molecular weight is 228 g/mol. The predicted octanol–water partition coefficient (Wildman–Crippen LogP) is 1.41. The zero-order valence-corrected chi connectivity index (χ0v) is 9.63. The topological polar surface area (TPSA) is 54.4 Å². The molecule has 3 nitrogen and oxygen atoms in total. The maximum absolute atomic E-state index is 11.6. The van der Waals surface area contributed by atoms with E-state index < -0.39 is 9.84 Å². The number of hydrogen-bond acceptors (Lipinski definition) is 3. The van der Waals surface area contributed by atoms with E-state index in [0.29, 0.717) is 4.90 Å². The van der Waals surface area contributed by atoms with E-state index >= 15 is 0 Å². The molecule has 0 spiro atoms. The molecule has 0 aliphatic rings. The van der Waals surface area contributed by atoms with Crippen LogP contribution in [0, 0.1) is 0 Å². The molecule has 0 radical (unpaired) electrons. The highest BCUT2D eigenvalue weighted by molar-refractivity contribution is 7.91. The third kappa shape index (κ3) is 3.32.